The molecule has 0 aliphatic rings. The van der Waals surface area contributed by atoms with E-state index in [1.165, 1.54) is 18.2 Å². The lowest BCUT2D eigenvalue weighted by atomic mass is 10.0. The number of anilines is 2. The van der Waals surface area contributed by atoms with E-state index in [0.29, 0.717) is 5.56 Å². The molecule has 0 bridgehead atoms. The zero-order chi connectivity index (χ0) is 18.1. The van der Waals surface area contributed by atoms with Gasteiger partial charge < -0.3 is 5.32 Å². The number of halogens is 1. The summed E-state index contributed by atoms with van der Waals surface area (Å²) in [6, 6.07) is 8.41. The van der Waals surface area contributed by atoms with Crippen LogP contribution in [0.3, 0.4) is 0 Å². The number of benzene rings is 2. The van der Waals surface area contributed by atoms with Crippen molar-refractivity contribution in [3.63, 3.8) is 0 Å². The highest BCUT2D eigenvalue weighted by Gasteiger charge is 2.13. The third kappa shape index (κ3) is 4.49. The maximum Gasteiger partial charge on any atom is 0.255 e. The number of hydrogen-bond donors (Lipinski definition) is 2. The van der Waals surface area contributed by atoms with E-state index in [2.05, 4.69) is 10.0 Å². The maximum atomic E-state index is 12.4. The van der Waals surface area contributed by atoms with Crippen LogP contribution in [-0.4, -0.2) is 20.6 Å². The van der Waals surface area contributed by atoms with Crippen LogP contribution in [0, 0.1) is 20.8 Å². The van der Waals surface area contributed by atoms with E-state index < -0.39 is 10.0 Å². The Morgan fingerprint density at radius 2 is 1.62 bits per heavy atom. The first kappa shape index (κ1) is 18.3. The van der Waals surface area contributed by atoms with Crippen LogP contribution in [0.2, 0.25) is 5.02 Å². The third-order valence-electron chi connectivity index (χ3n) is 3.44. The summed E-state index contributed by atoms with van der Waals surface area (Å²) >= 11 is 6.06. The fourth-order valence-corrected chi connectivity index (χ4v) is 3.36. The Balaban J connectivity index is 2.27. The zero-order valence-electron chi connectivity index (χ0n) is 13.9. The molecule has 0 radical (unpaired) electrons. The number of nitrogens with one attached hydrogen (secondary N) is 2. The molecular weight excluding hydrogens is 348 g/mol. The highest BCUT2D eigenvalue weighted by molar-refractivity contribution is 7.92. The van der Waals surface area contributed by atoms with Gasteiger partial charge in [-0.2, -0.15) is 0 Å². The quantitative estimate of drug-likeness (QED) is 0.861. The summed E-state index contributed by atoms with van der Waals surface area (Å²) in [4.78, 5) is 12.4. The minimum atomic E-state index is -3.43. The van der Waals surface area contributed by atoms with Crippen molar-refractivity contribution >= 4 is 38.9 Å². The van der Waals surface area contributed by atoms with E-state index in [4.69, 9.17) is 11.6 Å². The number of amides is 1. The van der Waals surface area contributed by atoms with E-state index in [1.54, 1.807) is 0 Å². The number of sulfonamides is 1. The van der Waals surface area contributed by atoms with E-state index in [0.717, 1.165) is 28.6 Å². The van der Waals surface area contributed by atoms with Crippen molar-refractivity contribution in [2.24, 2.45) is 0 Å². The molecule has 2 aromatic carbocycles. The molecule has 0 unspecified atom stereocenters. The third-order valence-corrected chi connectivity index (χ3v) is 4.35. The second-order valence-corrected chi connectivity index (χ2v) is 7.95. The predicted molar refractivity (Wildman–Crippen MR) is 98.5 cm³/mol. The SMILES string of the molecule is Cc1cc(C)c(NC(=O)c2ccc(NS(C)(=O)=O)c(Cl)c2)c(C)c1. The van der Waals surface area contributed by atoms with Crippen molar-refractivity contribution in [2.75, 3.05) is 16.3 Å². The molecule has 0 saturated heterocycles. The fraction of sp³-hybridized carbons (Fsp3) is 0.235. The van der Waals surface area contributed by atoms with Gasteiger partial charge in [0.05, 0.1) is 17.0 Å². The minimum absolute atomic E-state index is 0.158. The smallest absolute Gasteiger partial charge is 0.255 e. The van der Waals surface area contributed by atoms with E-state index in [-0.39, 0.29) is 16.6 Å². The van der Waals surface area contributed by atoms with Gasteiger partial charge in [0.2, 0.25) is 10.0 Å². The van der Waals surface area contributed by atoms with Crippen LogP contribution in [0.15, 0.2) is 30.3 Å². The molecule has 0 spiro atoms. The van der Waals surface area contributed by atoms with Crippen LogP contribution in [0.5, 0.6) is 0 Å². The van der Waals surface area contributed by atoms with Gasteiger partial charge in [-0.1, -0.05) is 29.3 Å². The molecule has 2 N–H and O–H groups in total. The number of carbonyl (C=O) groups excluding carboxylic acids is 1. The summed E-state index contributed by atoms with van der Waals surface area (Å²) in [6.45, 7) is 5.86. The average molecular weight is 367 g/mol. The lowest BCUT2D eigenvalue weighted by Gasteiger charge is -2.13. The van der Waals surface area contributed by atoms with E-state index >= 15 is 0 Å². The van der Waals surface area contributed by atoms with Gasteiger partial charge in [0.25, 0.3) is 5.91 Å². The molecule has 0 saturated carbocycles. The molecule has 0 fully saturated rings. The molecule has 128 valence electrons. The zero-order valence-corrected chi connectivity index (χ0v) is 15.5. The normalized spacial score (nSPS) is 11.2. The van der Waals surface area contributed by atoms with Crippen LogP contribution < -0.4 is 10.0 Å². The van der Waals surface area contributed by atoms with Gasteiger partial charge in [-0.3, -0.25) is 9.52 Å². The van der Waals surface area contributed by atoms with Crippen molar-refractivity contribution < 1.29 is 13.2 Å². The molecule has 5 nitrogen and oxygen atoms in total. The van der Waals surface area contributed by atoms with E-state index in [9.17, 15) is 13.2 Å². The monoisotopic (exact) mass is 366 g/mol. The number of aryl methyl sites for hydroxylation is 3. The Labute approximate surface area is 147 Å². The summed E-state index contributed by atoms with van der Waals surface area (Å²) in [7, 11) is -3.43. The molecule has 2 aromatic rings. The van der Waals surface area contributed by atoms with Crippen LogP contribution in [-0.2, 0) is 10.0 Å². The predicted octanol–water partition coefficient (Wildman–Crippen LogP) is 3.89. The summed E-state index contributed by atoms with van der Waals surface area (Å²) in [5.74, 6) is -0.308. The molecule has 1 amide bonds. The first-order valence-corrected chi connectivity index (χ1v) is 9.50. The van der Waals surface area contributed by atoms with Gasteiger partial charge in [-0.15, -0.1) is 0 Å². The van der Waals surface area contributed by atoms with Crippen LogP contribution >= 0.6 is 11.6 Å². The molecule has 0 heterocycles. The fourth-order valence-electron chi connectivity index (χ4n) is 2.50. The first-order chi connectivity index (χ1) is 11.1. The van der Waals surface area contributed by atoms with Crippen molar-refractivity contribution in [1.29, 1.82) is 0 Å². The molecule has 0 aromatic heterocycles. The Hall–Kier alpha value is -2.05. The number of rotatable bonds is 4. The number of carbonyl (C=O) groups is 1. The van der Waals surface area contributed by atoms with Crippen molar-refractivity contribution in [2.45, 2.75) is 20.8 Å². The second kappa shape index (κ2) is 6.83. The number of hydrogen-bond acceptors (Lipinski definition) is 3. The van der Waals surface area contributed by atoms with Gasteiger partial charge in [-0.05, 0) is 50.1 Å². The van der Waals surface area contributed by atoms with Crippen LogP contribution in [0.4, 0.5) is 11.4 Å². The van der Waals surface area contributed by atoms with Crippen molar-refractivity contribution in [3.8, 4) is 0 Å². The molecule has 0 aliphatic carbocycles. The largest absolute Gasteiger partial charge is 0.322 e. The Bertz CT molecular complexity index is 885. The van der Waals surface area contributed by atoms with Crippen LogP contribution in [0.1, 0.15) is 27.0 Å². The molecule has 2 rings (SSSR count). The van der Waals surface area contributed by atoms with Gasteiger partial charge in [-0.25, -0.2) is 8.42 Å². The Kier molecular flexibility index (Phi) is 5.20. The van der Waals surface area contributed by atoms with Crippen molar-refractivity contribution in [1.82, 2.24) is 0 Å². The summed E-state index contributed by atoms with van der Waals surface area (Å²) in [6.07, 6.45) is 1.03. The highest BCUT2D eigenvalue weighted by Crippen LogP contribution is 2.26. The first-order valence-electron chi connectivity index (χ1n) is 7.23. The van der Waals surface area contributed by atoms with Gasteiger partial charge >= 0.3 is 0 Å². The lowest BCUT2D eigenvalue weighted by Crippen LogP contribution is -2.15. The molecule has 0 atom stereocenters. The van der Waals surface area contributed by atoms with Gasteiger partial charge in [0, 0.05) is 11.3 Å². The van der Waals surface area contributed by atoms with E-state index in [1.807, 2.05) is 32.9 Å². The van der Waals surface area contributed by atoms with Gasteiger partial charge in [0.15, 0.2) is 0 Å². The second-order valence-electron chi connectivity index (χ2n) is 5.80. The molecule has 0 aliphatic heterocycles. The van der Waals surface area contributed by atoms with Gasteiger partial charge in [0.1, 0.15) is 0 Å². The topological polar surface area (TPSA) is 75.3 Å². The summed E-state index contributed by atoms with van der Waals surface area (Å²) < 4.78 is 24.8. The lowest BCUT2D eigenvalue weighted by molar-refractivity contribution is 0.102. The average Bonchev–Trinajstić information content (AvgIpc) is 2.43. The minimum Gasteiger partial charge on any atom is -0.322 e. The highest BCUT2D eigenvalue weighted by atomic mass is 35.5. The summed E-state index contributed by atoms with van der Waals surface area (Å²) in [5, 5.41) is 3.04. The molecule has 7 heteroatoms. The maximum absolute atomic E-state index is 12.4. The Morgan fingerprint density at radius 3 is 2.12 bits per heavy atom. The van der Waals surface area contributed by atoms with Crippen molar-refractivity contribution in [3.05, 3.63) is 57.6 Å². The standard InChI is InChI=1S/C17H19ClN2O3S/c1-10-7-11(2)16(12(3)8-10)19-17(21)13-5-6-15(14(18)9-13)20-24(4,22)23/h5-9,20H,1-4H3,(H,19,21). The molecule has 24 heavy (non-hydrogen) atoms. The van der Waals surface area contributed by atoms with Crippen LogP contribution in [0.25, 0.3) is 0 Å². The molecular formula is C17H19ClN2O3S. The summed E-state index contributed by atoms with van der Waals surface area (Å²) in [5.41, 5.74) is 4.42. The Morgan fingerprint density at radius 1 is 1.04 bits per heavy atom.